The molecule has 1 aromatic heterocycles. The number of aromatic nitrogens is 2. The Hall–Kier alpha value is -3.48. The summed E-state index contributed by atoms with van der Waals surface area (Å²) in [6, 6.07) is 12.3. The van der Waals surface area contributed by atoms with Gasteiger partial charge in [0, 0.05) is 35.7 Å². The molecular formula is C21H17FN3O3-. The second-order valence-electron chi connectivity index (χ2n) is 6.76. The van der Waals surface area contributed by atoms with Gasteiger partial charge in [-0.05, 0) is 36.2 Å². The summed E-state index contributed by atoms with van der Waals surface area (Å²) in [5, 5.41) is 13.8. The zero-order valence-electron chi connectivity index (χ0n) is 14.9. The fourth-order valence-corrected chi connectivity index (χ4v) is 3.44. The SMILES string of the molecule is O=C1CC(c2[nH]c(-c3ccc(C(=O)[O-])cc3)nc2-c2ccc(F)cc2)CCN1. The van der Waals surface area contributed by atoms with Crippen LogP contribution in [0.5, 0.6) is 0 Å². The summed E-state index contributed by atoms with van der Waals surface area (Å²) in [6.45, 7) is 0.584. The number of hydrogen-bond acceptors (Lipinski definition) is 4. The lowest BCUT2D eigenvalue weighted by molar-refractivity contribution is -0.255. The third-order valence-electron chi connectivity index (χ3n) is 4.90. The molecule has 1 aliphatic rings. The molecule has 0 saturated carbocycles. The molecule has 0 bridgehead atoms. The highest BCUT2D eigenvalue weighted by molar-refractivity contribution is 5.86. The van der Waals surface area contributed by atoms with E-state index in [1.54, 1.807) is 24.3 Å². The van der Waals surface area contributed by atoms with Crippen molar-refractivity contribution in [1.29, 1.82) is 0 Å². The molecule has 0 spiro atoms. The molecule has 2 N–H and O–H groups in total. The second-order valence-corrected chi connectivity index (χ2v) is 6.76. The molecule has 2 heterocycles. The average Bonchev–Trinajstić information content (AvgIpc) is 3.14. The van der Waals surface area contributed by atoms with Crippen molar-refractivity contribution in [3.63, 3.8) is 0 Å². The minimum Gasteiger partial charge on any atom is -0.545 e. The number of hydrogen-bond donors (Lipinski definition) is 2. The number of benzene rings is 2. The molecule has 4 rings (SSSR count). The van der Waals surface area contributed by atoms with Crippen LogP contribution in [-0.2, 0) is 4.79 Å². The lowest BCUT2D eigenvalue weighted by atomic mass is 9.91. The first-order chi connectivity index (χ1) is 13.5. The van der Waals surface area contributed by atoms with Crippen LogP contribution in [0.1, 0.15) is 34.8 Å². The van der Waals surface area contributed by atoms with Crippen molar-refractivity contribution in [1.82, 2.24) is 15.3 Å². The maximum absolute atomic E-state index is 13.3. The standard InChI is InChI=1S/C21H18FN3O3/c22-16-7-5-12(6-8-16)18-19(15-9-10-23-17(26)11-15)25-20(24-18)13-1-3-14(4-2-13)21(27)28/h1-8,15H,9-11H2,(H,23,26)(H,24,25)(H,27,28)/p-1. The lowest BCUT2D eigenvalue weighted by Gasteiger charge is -2.22. The summed E-state index contributed by atoms with van der Waals surface area (Å²) in [5.41, 5.74) is 3.02. The summed E-state index contributed by atoms with van der Waals surface area (Å²) in [4.78, 5) is 30.8. The van der Waals surface area contributed by atoms with Crippen LogP contribution >= 0.6 is 0 Å². The van der Waals surface area contributed by atoms with Crippen molar-refractivity contribution < 1.29 is 19.1 Å². The van der Waals surface area contributed by atoms with Crippen LogP contribution in [0.2, 0.25) is 0 Å². The topological polar surface area (TPSA) is 97.9 Å². The number of aromatic amines is 1. The Balaban J connectivity index is 1.78. The molecule has 1 fully saturated rings. The molecule has 0 radical (unpaired) electrons. The van der Waals surface area contributed by atoms with E-state index in [9.17, 15) is 19.1 Å². The number of H-pyrrole nitrogens is 1. The van der Waals surface area contributed by atoms with Crippen molar-refractivity contribution in [3.05, 3.63) is 65.6 Å². The van der Waals surface area contributed by atoms with E-state index in [0.717, 1.165) is 17.7 Å². The van der Waals surface area contributed by atoms with E-state index in [4.69, 9.17) is 0 Å². The van der Waals surface area contributed by atoms with E-state index >= 15 is 0 Å². The van der Waals surface area contributed by atoms with Gasteiger partial charge in [-0.1, -0.05) is 24.3 Å². The highest BCUT2D eigenvalue weighted by atomic mass is 19.1. The molecule has 3 aromatic rings. The first-order valence-corrected chi connectivity index (χ1v) is 8.95. The van der Waals surface area contributed by atoms with Crippen LogP contribution in [0.4, 0.5) is 4.39 Å². The van der Waals surface area contributed by atoms with Gasteiger partial charge < -0.3 is 20.2 Å². The molecular weight excluding hydrogens is 361 g/mol. The number of imidazole rings is 1. The largest absolute Gasteiger partial charge is 0.545 e. The fraction of sp³-hybridized carbons (Fsp3) is 0.190. The molecule has 142 valence electrons. The van der Waals surface area contributed by atoms with E-state index in [1.807, 2.05) is 0 Å². The number of piperidine rings is 1. The van der Waals surface area contributed by atoms with Gasteiger partial charge in [0.1, 0.15) is 11.6 Å². The Labute approximate surface area is 160 Å². The Bertz CT molecular complexity index is 1030. The normalized spacial score (nSPS) is 16.6. The van der Waals surface area contributed by atoms with Gasteiger partial charge in [-0.15, -0.1) is 0 Å². The molecule has 1 saturated heterocycles. The number of nitrogens with zero attached hydrogens (tertiary/aromatic N) is 1. The number of carboxylic acids is 1. The van der Waals surface area contributed by atoms with Crippen LogP contribution in [0.3, 0.4) is 0 Å². The summed E-state index contributed by atoms with van der Waals surface area (Å²) in [5.74, 6) is -1.07. The van der Waals surface area contributed by atoms with Gasteiger partial charge in [-0.25, -0.2) is 9.37 Å². The Morgan fingerprint density at radius 3 is 2.39 bits per heavy atom. The van der Waals surface area contributed by atoms with Gasteiger partial charge >= 0.3 is 0 Å². The molecule has 6 nitrogen and oxygen atoms in total. The molecule has 1 unspecified atom stereocenters. The third-order valence-corrected chi connectivity index (χ3v) is 4.90. The molecule has 1 amide bonds. The summed E-state index contributed by atoms with van der Waals surface area (Å²) in [6.07, 6.45) is 1.12. The Morgan fingerprint density at radius 2 is 1.75 bits per heavy atom. The van der Waals surface area contributed by atoms with Crippen molar-refractivity contribution >= 4 is 11.9 Å². The van der Waals surface area contributed by atoms with Crippen LogP contribution in [0.15, 0.2) is 48.5 Å². The van der Waals surface area contributed by atoms with Gasteiger partial charge in [0.2, 0.25) is 5.91 Å². The monoisotopic (exact) mass is 378 g/mol. The number of nitrogens with one attached hydrogen (secondary N) is 2. The number of carbonyl (C=O) groups excluding carboxylic acids is 2. The second kappa shape index (κ2) is 7.26. The van der Waals surface area contributed by atoms with Crippen LogP contribution in [0.25, 0.3) is 22.6 Å². The predicted molar refractivity (Wildman–Crippen MR) is 98.7 cm³/mol. The number of carboxylic acid groups (broad SMARTS) is 1. The van der Waals surface area contributed by atoms with E-state index in [-0.39, 0.29) is 23.2 Å². The quantitative estimate of drug-likeness (QED) is 0.727. The zero-order chi connectivity index (χ0) is 19.7. The van der Waals surface area contributed by atoms with Crippen molar-refractivity contribution in [2.24, 2.45) is 0 Å². The number of rotatable bonds is 4. The predicted octanol–water partition coefficient (Wildman–Crippen LogP) is 2.24. The van der Waals surface area contributed by atoms with Gasteiger partial charge in [0.05, 0.1) is 11.7 Å². The first-order valence-electron chi connectivity index (χ1n) is 8.95. The molecule has 1 atom stereocenters. The summed E-state index contributed by atoms with van der Waals surface area (Å²) >= 11 is 0. The molecule has 2 aromatic carbocycles. The Morgan fingerprint density at radius 1 is 1.07 bits per heavy atom. The third kappa shape index (κ3) is 3.51. The maximum Gasteiger partial charge on any atom is 0.220 e. The van der Waals surface area contributed by atoms with Crippen molar-refractivity contribution in [2.45, 2.75) is 18.8 Å². The van der Waals surface area contributed by atoms with Gasteiger partial charge in [-0.3, -0.25) is 4.79 Å². The van der Waals surface area contributed by atoms with Gasteiger partial charge in [-0.2, -0.15) is 0 Å². The van der Waals surface area contributed by atoms with Crippen molar-refractivity contribution in [3.8, 4) is 22.6 Å². The first kappa shape index (κ1) is 17.9. The number of carbonyl (C=O) groups is 2. The van der Waals surface area contributed by atoms with E-state index in [2.05, 4.69) is 15.3 Å². The highest BCUT2D eigenvalue weighted by Crippen LogP contribution is 2.35. The van der Waals surface area contributed by atoms with E-state index < -0.39 is 5.97 Å². The number of amides is 1. The molecule has 1 aliphatic heterocycles. The van der Waals surface area contributed by atoms with E-state index in [0.29, 0.717) is 30.0 Å². The van der Waals surface area contributed by atoms with Crippen LogP contribution in [0, 0.1) is 5.82 Å². The molecule has 0 aliphatic carbocycles. The maximum atomic E-state index is 13.3. The molecule has 7 heteroatoms. The number of halogens is 1. The smallest absolute Gasteiger partial charge is 0.220 e. The minimum atomic E-state index is -1.24. The highest BCUT2D eigenvalue weighted by Gasteiger charge is 2.26. The van der Waals surface area contributed by atoms with E-state index in [1.165, 1.54) is 24.3 Å². The van der Waals surface area contributed by atoms with Crippen LogP contribution < -0.4 is 10.4 Å². The molecule has 28 heavy (non-hydrogen) atoms. The summed E-state index contributed by atoms with van der Waals surface area (Å²) < 4.78 is 13.3. The number of aromatic carboxylic acids is 1. The van der Waals surface area contributed by atoms with Crippen LogP contribution in [-0.4, -0.2) is 28.4 Å². The Kier molecular flexibility index (Phi) is 4.65. The summed E-state index contributed by atoms with van der Waals surface area (Å²) in [7, 11) is 0. The fourth-order valence-electron chi connectivity index (χ4n) is 3.44. The van der Waals surface area contributed by atoms with Gasteiger partial charge in [0.25, 0.3) is 0 Å². The average molecular weight is 378 g/mol. The lowest BCUT2D eigenvalue weighted by Crippen LogP contribution is -2.32. The minimum absolute atomic E-state index is 0.0178. The van der Waals surface area contributed by atoms with Gasteiger partial charge in [0.15, 0.2) is 0 Å². The van der Waals surface area contributed by atoms with Crippen molar-refractivity contribution in [2.75, 3.05) is 6.54 Å². The zero-order valence-corrected chi connectivity index (χ0v) is 14.9.